The molecule has 0 saturated carbocycles. The highest BCUT2D eigenvalue weighted by molar-refractivity contribution is 5.97. The number of nitrogens with one attached hydrogen (secondary N) is 1. The Morgan fingerprint density at radius 2 is 2.19 bits per heavy atom. The number of amides is 1. The van der Waals surface area contributed by atoms with Gasteiger partial charge in [-0.2, -0.15) is 0 Å². The molecule has 3 N–H and O–H groups in total. The molecule has 1 saturated heterocycles. The minimum absolute atomic E-state index is 0.0615. The van der Waals surface area contributed by atoms with Crippen LogP contribution in [0, 0.1) is 5.82 Å². The zero-order valence-corrected chi connectivity index (χ0v) is 11.9. The third-order valence-electron chi connectivity index (χ3n) is 3.35. The molecular weight excluding hydrogens is 275 g/mol. The van der Waals surface area contributed by atoms with Crippen LogP contribution in [0.3, 0.4) is 0 Å². The summed E-state index contributed by atoms with van der Waals surface area (Å²) in [6.45, 7) is 2.17. The maximum atomic E-state index is 13.4. The second-order valence-corrected chi connectivity index (χ2v) is 4.99. The lowest BCUT2D eigenvalue weighted by atomic mass is 10.1. The molecule has 1 aliphatic heterocycles. The molecule has 116 valence electrons. The fourth-order valence-electron chi connectivity index (χ4n) is 2.18. The van der Waals surface area contributed by atoms with Crippen LogP contribution in [0.1, 0.15) is 29.6 Å². The number of halogens is 1. The largest absolute Gasteiger partial charge is 0.493 e. The summed E-state index contributed by atoms with van der Waals surface area (Å²) < 4.78 is 24.2. The number of nitrogens with two attached hydrogens (primary N) is 1. The van der Waals surface area contributed by atoms with Crippen LogP contribution in [0.4, 0.5) is 4.39 Å². The highest BCUT2D eigenvalue weighted by atomic mass is 19.1. The van der Waals surface area contributed by atoms with Crippen molar-refractivity contribution in [1.29, 1.82) is 0 Å². The van der Waals surface area contributed by atoms with E-state index in [0.29, 0.717) is 38.5 Å². The second kappa shape index (κ2) is 7.95. The number of hydrogen-bond donors (Lipinski definition) is 2. The molecule has 1 aromatic carbocycles. The average molecular weight is 296 g/mol. The van der Waals surface area contributed by atoms with Gasteiger partial charge in [-0.3, -0.25) is 4.79 Å². The molecule has 5 nitrogen and oxygen atoms in total. The number of benzene rings is 1. The van der Waals surface area contributed by atoms with Crippen molar-refractivity contribution < 1.29 is 18.7 Å². The Bertz CT molecular complexity index is 476. The quantitative estimate of drug-likeness (QED) is 0.780. The summed E-state index contributed by atoms with van der Waals surface area (Å²) >= 11 is 0. The van der Waals surface area contributed by atoms with E-state index in [1.807, 2.05) is 0 Å². The van der Waals surface area contributed by atoms with E-state index in [1.165, 1.54) is 18.2 Å². The second-order valence-electron chi connectivity index (χ2n) is 4.99. The molecule has 0 bridgehead atoms. The molecule has 1 aliphatic rings. The summed E-state index contributed by atoms with van der Waals surface area (Å²) in [5.41, 5.74) is 5.63. The maximum absolute atomic E-state index is 13.4. The zero-order chi connectivity index (χ0) is 15.1. The molecule has 0 spiro atoms. The molecule has 6 heteroatoms. The van der Waals surface area contributed by atoms with Gasteiger partial charge in [0.15, 0.2) is 0 Å². The van der Waals surface area contributed by atoms with Crippen LogP contribution in [0.15, 0.2) is 18.2 Å². The van der Waals surface area contributed by atoms with Crippen molar-refractivity contribution in [3.8, 4) is 5.75 Å². The van der Waals surface area contributed by atoms with Gasteiger partial charge >= 0.3 is 0 Å². The molecule has 1 amide bonds. The van der Waals surface area contributed by atoms with E-state index in [-0.39, 0.29) is 17.5 Å². The first kappa shape index (κ1) is 15.7. The van der Waals surface area contributed by atoms with Crippen molar-refractivity contribution in [1.82, 2.24) is 5.32 Å². The zero-order valence-electron chi connectivity index (χ0n) is 11.9. The van der Waals surface area contributed by atoms with Gasteiger partial charge in [-0.1, -0.05) is 0 Å². The summed E-state index contributed by atoms with van der Waals surface area (Å²) in [5, 5.41) is 2.90. The molecule has 1 fully saturated rings. The van der Waals surface area contributed by atoms with Crippen LogP contribution in [0.5, 0.6) is 5.75 Å². The van der Waals surface area contributed by atoms with Crippen molar-refractivity contribution in [2.75, 3.05) is 26.4 Å². The number of rotatable bonds is 6. The standard InChI is InChI=1S/C15H21FN2O3/c16-11-2-3-14(21-7-1-6-17)13(10-11)15(19)18-12-4-8-20-9-5-12/h2-3,10,12H,1,4-9,17H2,(H,18,19). The normalized spacial score (nSPS) is 15.7. The van der Waals surface area contributed by atoms with Crippen molar-refractivity contribution in [2.45, 2.75) is 25.3 Å². The van der Waals surface area contributed by atoms with Crippen LogP contribution in [-0.4, -0.2) is 38.3 Å². The molecule has 1 aromatic rings. The lowest BCUT2D eigenvalue weighted by molar-refractivity contribution is 0.0694. The summed E-state index contributed by atoms with van der Waals surface area (Å²) in [6, 6.07) is 4.02. The monoisotopic (exact) mass is 296 g/mol. The van der Waals surface area contributed by atoms with E-state index in [0.717, 1.165) is 12.8 Å². The Balaban J connectivity index is 2.04. The van der Waals surface area contributed by atoms with Crippen LogP contribution in [-0.2, 0) is 4.74 Å². The summed E-state index contributed by atoms with van der Waals surface area (Å²) in [5.74, 6) is -0.392. The van der Waals surface area contributed by atoms with Crippen LogP contribution < -0.4 is 15.8 Å². The van der Waals surface area contributed by atoms with E-state index in [1.54, 1.807) is 0 Å². The van der Waals surface area contributed by atoms with Crippen molar-refractivity contribution >= 4 is 5.91 Å². The van der Waals surface area contributed by atoms with Gasteiger partial charge < -0.3 is 20.5 Å². The third-order valence-corrected chi connectivity index (χ3v) is 3.35. The Hall–Kier alpha value is -1.66. The van der Waals surface area contributed by atoms with E-state index >= 15 is 0 Å². The van der Waals surface area contributed by atoms with E-state index in [4.69, 9.17) is 15.2 Å². The Kier molecular flexibility index (Phi) is 5.95. The van der Waals surface area contributed by atoms with E-state index in [9.17, 15) is 9.18 Å². The molecule has 2 rings (SSSR count). The van der Waals surface area contributed by atoms with Gasteiger partial charge in [0.05, 0.1) is 12.2 Å². The molecule has 0 aromatic heterocycles. The first-order chi connectivity index (χ1) is 10.2. The maximum Gasteiger partial charge on any atom is 0.255 e. The van der Waals surface area contributed by atoms with Gasteiger partial charge in [0.1, 0.15) is 11.6 Å². The molecule has 0 aliphatic carbocycles. The fraction of sp³-hybridized carbons (Fsp3) is 0.533. The predicted molar refractivity (Wildman–Crippen MR) is 76.9 cm³/mol. The lowest BCUT2D eigenvalue weighted by Gasteiger charge is -2.23. The Morgan fingerprint density at radius 3 is 2.90 bits per heavy atom. The number of carbonyl (C=O) groups is 1. The minimum Gasteiger partial charge on any atom is -0.493 e. The van der Waals surface area contributed by atoms with E-state index < -0.39 is 5.82 Å². The van der Waals surface area contributed by atoms with Crippen LogP contribution in [0.25, 0.3) is 0 Å². The summed E-state index contributed by atoms with van der Waals surface area (Å²) in [6.07, 6.45) is 2.22. The smallest absolute Gasteiger partial charge is 0.255 e. The number of carbonyl (C=O) groups excluding carboxylic acids is 1. The predicted octanol–water partition coefficient (Wildman–Crippen LogP) is 1.46. The third kappa shape index (κ3) is 4.68. The van der Waals surface area contributed by atoms with Gasteiger partial charge in [-0.05, 0) is 44.0 Å². The van der Waals surface area contributed by atoms with Crippen molar-refractivity contribution in [3.05, 3.63) is 29.6 Å². The lowest BCUT2D eigenvalue weighted by Crippen LogP contribution is -2.39. The van der Waals surface area contributed by atoms with Crippen LogP contribution in [0.2, 0.25) is 0 Å². The van der Waals surface area contributed by atoms with E-state index in [2.05, 4.69) is 5.32 Å². The summed E-state index contributed by atoms with van der Waals surface area (Å²) in [4.78, 5) is 12.3. The SMILES string of the molecule is NCCCOc1ccc(F)cc1C(=O)NC1CCOCC1. The number of ether oxygens (including phenoxy) is 2. The van der Waals surface area contributed by atoms with Crippen molar-refractivity contribution in [2.24, 2.45) is 5.73 Å². The Morgan fingerprint density at radius 1 is 1.43 bits per heavy atom. The Labute approximate surface area is 123 Å². The average Bonchev–Trinajstić information content (AvgIpc) is 2.50. The molecule has 1 heterocycles. The first-order valence-corrected chi connectivity index (χ1v) is 7.21. The summed E-state index contributed by atoms with van der Waals surface area (Å²) in [7, 11) is 0. The molecular formula is C15H21FN2O3. The molecule has 0 atom stereocenters. The first-order valence-electron chi connectivity index (χ1n) is 7.21. The number of hydrogen-bond acceptors (Lipinski definition) is 4. The molecule has 21 heavy (non-hydrogen) atoms. The van der Waals surface area contributed by atoms with Gasteiger partial charge in [-0.25, -0.2) is 4.39 Å². The van der Waals surface area contributed by atoms with Crippen molar-refractivity contribution in [3.63, 3.8) is 0 Å². The molecule has 0 unspecified atom stereocenters. The molecule has 0 radical (unpaired) electrons. The van der Waals surface area contributed by atoms with Gasteiger partial charge in [0.2, 0.25) is 0 Å². The minimum atomic E-state index is -0.460. The highest BCUT2D eigenvalue weighted by Gasteiger charge is 2.20. The van der Waals surface area contributed by atoms with Gasteiger partial charge in [0, 0.05) is 19.3 Å². The fourth-order valence-corrected chi connectivity index (χ4v) is 2.18. The topological polar surface area (TPSA) is 73.6 Å². The van der Waals surface area contributed by atoms with Crippen LogP contribution >= 0.6 is 0 Å². The van der Waals surface area contributed by atoms with Gasteiger partial charge in [0.25, 0.3) is 5.91 Å². The van der Waals surface area contributed by atoms with Gasteiger partial charge in [-0.15, -0.1) is 0 Å². The highest BCUT2D eigenvalue weighted by Crippen LogP contribution is 2.20.